The second-order valence-electron chi connectivity index (χ2n) is 6.85. The Labute approximate surface area is 173 Å². The van der Waals surface area contributed by atoms with Gasteiger partial charge in [-0.15, -0.1) is 12.4 Å². The molecule has 0 saturated carbocycles. The average molecular weight is 435 g/mol. The number of nitrogens with one attached hydrogen (secondary N) is 3. The highest BCUT2D eigenvalue weighted by Gasteiger charge is 2.16. The van der Waals surface area contributed by atoms with Crippen LogP contribution in [0, 0.1) is 0 Å². The van der Waals surface area contributed by atoms with Gasteiger partial charge in [0, 0.05) is 38.4 Å². The number of carbonyl (C=O) groups excluding carboxylic acids is 1. The van der Waals surface area contributed by atoms with Crippen molar-refractivity contribution < 1.29 is 17.9 Å². The smallest absolute Gasteiger partial charge is 0.241 e. The van der Waals surface area contributed by atoms with Gasteiger partial charge in [-0.05, 0) is 51.1 Å². The Morgan fingerprint density at radius 1 is 1.21 bits per heavy atom. The van der Waals surface area contributed by atoms with Gasteiger partial charge in [0.1, 0.15) is 11.5 Å². The first-order valence-corrected chi connectivity index (χ1v) is 11.0. The fourth-order valence-electron chi connectivity index (χ4n) is 2.78. The van der Waals surface area contributed by atoms with Crippen molar-refractivity contribution in [2.24, 2.45) is 0 Å². The lowest BCUT2D eigenvalue weighted by Crippen LogP contribution is -2.44. The van der Waals surface area contributed by atoms with Crippen LogP contribution in [0.3, 0.4) is 0 Å². The van der Waals surface area contributed by atoms with Crippen molar-refractivity contribution in [3.05, 3.63) is 24.3 Å². The number of piperazine rings is 1. The summed E-state index contributed by atoms with van der Waals surface area (Å²) in [5.74, 6) is -0.428. The van der Waals surface area contributed by atoms with Gasteiger partial charge in [0.2, 0.25) is 15.9 Å². The highest BCUT2D eigenvalue weighted by Crippen LogP contribution is 2.17. The van der Waals surface area contributed by atoms with E-state index in [0.29, 0.717) is 18.0 Å². The van der Waals surface area contributed by atoms with E-state index in [2.05, 4.69) is 20.3 Å². The molecule has 0 aliphatic carbocycles. The molecule has 0 unspecified atom stereocenters. The largest absolute Gasteiger partial charge is 0.491 e. The van der Waals surface area contributed by atoms with Crippen molar-refractivity contribution >= 4 is 34.0 Å². The Bertz CT molecular complexity index is 692. The number of sulfonamides is 1. The molecule has 1 amide bonds. The van der Waals surface area contributed by atoms with Crippen molar-refractivity contribution in [1.82, 2.24) is 15.5 Å². The van der Waals surface area contributed by atoms with Gasteiger partial charge < -0.3 is 20.3 Å². The van der Waals surface area contributed by atoms with Crippen LogP contribution in [-0.4, -0.2) is 70.4 Å². The van der Waals surface area contributed by atoms with E-state index in [1.54, 1.807) is 24.3 Å². The summed E-state index contributed by atoms with van der Waals surface area (Å²) in [4.78, 5) is 14.2. The molecule has 1 fully saturated rings. The van der Waals surface area contributed by atoms with E-state index in [9.17, 15) is 13.2 Å². The zero-order valence-corrected chi connectivity index (χ0v) is 18.1. The molecule has 0 atom stereocenters. The third-order valence-electron chi connectivity index (χ3n) is 4.00. The molecule has 1 saturated heterocycles. The average Bonchev–Trinajstić information content (AvgIpc) is 2.60. The van der Waals surface area contributed by atoms with Gasteiger partial charge in [-0.1, -0.05) is 0 Å². The van der Waals surface area contributed by atoms with Crippen molar-refractivity contribution in [2.45, 2.75) is 26.4 Å². The first kappa shape index (κ1) is 24.5. The van der Waals surface area contributed by atoms with Gasteiger partial charge in [0.25, 0.3) is 0 Å². The number of hydrogen-bond acceptors (Lipinski definition) is 6. The van der Waals surface area contributed by atoms with Crippen LogP contribution >= 0.6 is 12.4 Å². The SMILES string of the molecule is CC(C)Oc1ccc(NS(=O)(=O)CC(=O)NCCCN2CCNCC2)cc1.Cl. The van der Waals surface area contributed by atoms with Crippen LogP contribution in [-0.2, 0) is 14.8 Å². The zero-order chi connectivity index (χ0) is 19.7. The minimum Gasteiger partial charge on any atom is -0.491 e. The van der Waals surface area contributed by atoms with Crippen LogP contribution in [0.25, 0.3) is 0 Å². The predicted molar refractivity (Wildman–Crippen MR) is 114 cm³/mol. The second kappa shape index (κ2) is 12.1. The molecule has 160 valence electrons. The van der Waals surface area contributed by atoms with Crippen LogP contribution in [0.4, 0.5) is 5.69 Å². The summed E-state index contributed by atoms with van der Waals surface area (Å²) in [6.45, 7) is 9.19. The van der Waals surface area contributed by atoms with Crippen molar-refractivity contribution in [3.8, 4) is 5.75 Å². The van der Waals surface area contributed by atoms with E-state index in [0.717, 1.165) is 39.1 Å². The quantitative estimate of drug-likeness (QED) is 0.476. The van der Waals surface area contributed by atoms with E-state index in [1.807, 2.05) is 13.8 Å². The lowest BCUT2D eigenvalue weighted by molar-refractivity contribution is -0.118. The molecule has 0 aromatic heterocycles. The molecule has 1 heterocycles. The van der Waals surface area contributed by atoms with Gasteiger partial charge >= 0.3 is 0 Å². The summed E-state index contributed by atoms with van der Waals surface area (Å²) >= 11 is 0. The fourth-order valence-corrected chi connectivity index (χ4v) is 3.79. The maximum absolute atomic E-state index is 12.1. The summed E-state index contributed by atoms with van der Waals surface area (Å²) in [5.41, 5.74) is 0.401. The Kier molecular flexibility index (Phi) is 10.6. The molecule has 1 aliphatic heterocycles. The molecule has 3 N–H and O–H groups in total. The van der Waals surface area contributed by atoms with Gasteiger partial charge in [-0.2, -0.15) is 0 Å². The molecular formula is C18H31ClN4O4S. The predicted octanol–water partition coefficient (Wildman–Crippen LogP) is 1.05. The number of rotatable bonds is 10. The maximum Gasteiger partial charge on any atom is 0.241 e. The molecule has 1 aromatic rings. The second-order valence-corrected chi connectivity index (χ2v) is 8.57. The zero-order valence-electron chi connectivity index (χ0n) is 16.4. The Morgan fingerprint density at radius 3 is 2.46 bits per heavy atom. The summed E-state index contributed by atoms with van der Waals surface area (Å²) in [6.07, 6.45) is 0.846. The molecule has 1 aliphatic rings. The lowest BCUT2D eigenvalue weighted by Gasteiger charge is -2.27. The lowest BCUT2D eigenvalue weighted by atomic mass is 10.3. The topological polar surface area (TPSA) is 99.8 Å². The number of benzene rings is 1. The Balaban J connectivity index is 0.00000392. The van der Waals surface area contributed by atoms with E-state index < -0.39 is 21.7 Å². The number of hydrogen-bond donors (Lipinski definition) is 3. The van der Waals surface area contributed by atoms with Gasteiger partial charge in [0.05, 0.1) is 6.10 Å². The third-order valence-corrected chi connectivity index (χ3v) is 5.19. The molecular weight excluding hydrogens is 404 g/mol. The molecule has 10 heteroatoms. The number of anilines is 1. The third kappa shape index (κ3) is 9.59. The van der Waals surface area contributed by atoms with Crippen LogP contribution in [0.2, 0.25) is 0 Å². The Hall–Kier alpha value is -1.55. The van der Waals surface area contributed by atoms with Crippen LogP contribution in [0.5, 0.6) is 5.75 Å². The molecule has 0 radical (unpaired) electrons. The maximum atomic E-state index is 12.1. The monoisotopic (exact) mass is 434 g/mol. The molecule has 2 rings (SSSR count). The van der Waals surface area contributed by atoms with E-state index >= 15 is 0 Å². The first-order valence-electron chi connectivity index (χ1n) is 9.31. The van der Waals surface area contributed by atoms with Crippen molar-refractivity contribution in [2.75, 3.05) is 49.7 Å². The summed E-state index contributed by atoms with van der Waals surface area (Å²) in [6, 6.07) is 6.60. The number of ether oxygens (including phenoxy) is 1. The van der Waals surface area contributed by atoms with Crippen molar-refractivity contribution in [1.29, 1.82) is 0 Å². The van der Waals surface area contributed by atoms with E-state index in [1.165, 1.54) is 0 Å². The summed E-state index contributed by atoms with van der Waals surface area (Å²) in [5, 5.41) is 5.96. The minimum atomic E-state index is -3.75. The Morgan fingerprint density at radius 2 is 1.86 bits per heavy atom. The van der Waals surface area contributed by atoms with Crippen molar-refractivity contribution in [3.63, 3.8) is 0 Å². The number of carbonyl (C=O) groups is 1. The highest BCUT2D eigenvalue weighted by molar-refractivity contribution is 7.93. The standard InChI is InChI=1S/C18H30N4O4S.ClH/c1-15(2)26-17-6-4-16(5-7-17)21-27(24,25)14-18(23)20-8-3-11-22-12-9-19-10-13-22;/h4-7,15,19,21H,3,8-14H2,1-2H3,(H,20,23);1H. The van der Waals surface area contributed by atoms with Crippen LogP contribution in [0.1, 0.15) is 20.3 Å². The summed E-state index contributed by atoms with van der Waals surface area (Å²) < 4.78 is 32.2. The van der Waals surface area contributed by atoms with E-state index in [-0.39, 0.29) is 18.5 Å². The highest BCUT2D eigenvalue weighted by atomic mass is 35.5. The number of halogens is 1. The van der Waals surface area contributed by atoms with E-state index in [4.69, 9.17) is 4.74 Å². The van der Waals surface area contributed by atoms with Gasteiger partial charge in [0.15, 0.2) is 0 Å². The fraction of sp³-hybridized carbons (Fsp3) is 0.611. The first-order chi connectivity index (χ1) is 12.8. The van der Waals surface area contributed by atoms with Gasteiger partial charge in [-0.3, -0.25) is 9.52 Å². The molecule has 1 aromatic carbocycles. The molecule has 0 bridgehead atoms. The van der Waals surface area contributed by atoms with Crippen LogP contribution in [0.15, 0.2) is 24.3 Å². The van der Waals surface area contributed by atoms with Crippen LogP contribution < -0.4 is 20.1 Å². The number of nitrogens with zero attached hydrogens (tertiary/aromatic N) is 1. The minimum absolute atomic E-state index is 0. The molecule has 0 spiro atoms. The summed E-state index contributed by atoms with van der Waals surface area (Å²) in [7, 11) is -3.75. The van der Waals surface area contributed by atoms with Gasteiger partial charge in [-0.25, -0.2) is 8.42 Å². The number of amides is 1. The molecule has 28 heavy (non-hydrogen) atoms. The molecule has 8 nitrogen and oxygen atoms in total. The normalized spacial score (nSPS) is 15.0.